The second-order valence-electron chi connectivity index (χ2n) is 3.95. The van der Waals surface area contributed by atoms with Crippen LogP contribution >= 0.6 is 0 Å². The molecule has 0 amide bonds. The molecule has 0 radical (unpaired) electrons. The highest BCUT2D eigenvalue weighted by Crippen LogP contribution is 2.29. The van der Waals surface area contributed by atoms with Crippen molar-refractivity contribution in [3.05, 3.63) is 46.5 Å². The van der Waals surface area contributed by atoms with E-state index in [1.165, 1.54) is 13.2 Å². The number of methoxy groups -OCH3 is 1. The lowest BCUT2D eigenvalue weighted by molar-refractivity contribution is -0.384. The van der Waals surface area contributed by atoms with E-state index < -0.39 is 4.92 Å². The van der Waals surface area contributed by atoms with Crippen LogP contribution in [0.4, 0.5) is 11.4 Å². The molecule has 1 aromatic carbocycles. The summed E-state index contributed by atoms with van der Waals surface area (Å²) in [6, 6.07) is 4.57. The summed E-state index contributed by atoms with van der Waals surface area (Å²) in [5.41, 5.74) is 0.419. The Morgan fingerprint density at radius 1 is 1.53 bits per heavy atom. The van der Waals surface area contributed by atoms with Crippen LogP contribution in [-0.4, -0.2) is 21.6 Å². The minimum atomic E-state index is -0.430. The molecular formula is C12H14N4O3. The number of nitro benzene ring substituents is 1. The second-order valence-corrected chi connectivity index (χ2v) is 3.95. The number of nitro groups is 1. The summed E-state index contributed by atoms with van der Waals surface area (Å²) in [6.07, 6.45) is 3.49. The Labute approximate surface area is 110 Å². The van der Waals surface area contributed by atoms with Crippen LogP contribution in [0, 0.1) is 10.1 Å². The van der Waals surface area contributed by atoms with Crippen LogP contribution in [-0.2, 0) is 13.6 Å². The Bertz CT molecular complexity index is 594. The van der Waals surface area contributed by atoms with Crippen LogP contribution in [0.2, 0.25) is 0 Å². The molecule has 1 aromatic heterocycles. The number of aryl methyl sites for hydroxylation is 1. The molecule has 0 saturated carbocycles. The number of imidazole rings is 1. The van der Waals surface area contributed by atoms with Crippen molar-refractivity contribution in [1.82, 2.24) is 9.55 Å². The van der Waals surface area contributed by atoms with Crippen LogP contribution in [0.25, 0.3) is 0 Å². The highest BCUT2D eigenvalue weighted by atomic mass is 16.6. The van der Waals surface area contributed by atoms with Crippen molar-refractivity contribution in [2.45, 2.75) is 6.54 Å². The van der Waals surface area contributed by atoms with Crippen molar-refractivity contribution in [3.8, 4) is 5.75 Å². The average molecular weight is 262 g/mol. The summed E-state index contributed by atoms with van der Waals surface area (Å²) < 4.78 is 6.91. The van der Waals surface area contributed by atoms with Crippen LogP contribution in [0.3, 0.4) is 0 Å². The lowest BCUT2D eigenvalue weighted by atomic mass is 10.2. The smallest absolute Gasteiger partial charge is 0.292 e. The van der Waals surface area contributed by atoms with Crippen LogP contribution in [0.5, 0.6) is 5.75 Å². The molecule has 0 bridgehead atoms. The van der Waals surface area contributed by atoms with Crippen molar-refractivity contribution in [1.29, 1.82) is 0 Å². The predicted molar refractivity (Wildman–Crippen MR) is 70.2 cm³/mol. The van der Waals surface area contributed by atoms with Gasteiger partial charge in [-0.25, -0.2) is 4.98 Å². The highest BCUT2D eigenvalue weighted by molar-refractivity contribution is 5.64. The fourth-order valence-corrected chi connectivity index (χ4v) is 1.68. The number of hydrogen-bond donors (Lipinski definition) is 1. The zero-order chi connectivity index (χ0) is 13.8. The maximum absolute atomic E-state index is 11.0. The zero-order valence-corrected chi connectivity index (χ0v) is 10.7. The van der Waals surface area contributed by atoms with Crippen molar-refractivity contribution >= 4 is 11.4 Å². The van der Waals surface area contributed by atoms with Gasteiger partial charge in [0.15, 0.2) is 0 Å². The van der Waals surface area contributed by atoms with Gasteiger partial charge in [-0.3, -0.25) is 10.1 Å². The van der Waals surface area contributed by atoms with Gasteiger partial charge in [0.1, 0.15) is 17.3 Å². The molecule has 0 fully saturated rings. The number of nitrogens with one attached hydrogen (secondary N) is 1. The van der Waals surface area contributed by atoms with E-state index in [1.54, 1.807) is 18.3 Å². The minimum absolute atomic E-state index is 0.00927. The van der Waals surface area contributed by atoms with Gasteiger partial charge in [0.05, 0.1) is 18.6 Å². The van der Waals surface area contributed by atoms with Gasteiger partial charge in [-0.15, -0.1) is 0 Å². The highest BCUT2D eigenvalue weighted by Gasteiger charge is 2.14. The summed E-state index contributed by atoms with van der Waals surface area (Å²) in [5.74, 6) is 1.35. The Balaban J connectivity index is 2.22. The molecular weight excluding hydrogens is 248 g/mol. The molecule has 0 spiro atoms. The first-order valence-electron chi connectivity index (χ1n) is 5.64. The first-order chi connectivity index (χ1) is 9.11. The van der Waals surface area contributed by atoms with E-state index in [-0.39, 0.29) is 5.69 Å². The van der Waals surface area contributed by atoms with Gasteiger partial charge >= 0.3 is 0 Å². The zero-order valence-electron chi connectivity index (χ0n) is 10.7. The van der Waals surface area contributed by atoms with Gasteiger partial charge < -0.3 is 14.6 Å². The van der Waals surface area contributed by atoms with Gasteiger partial charge in [0.25, 0.3) is 5.69 Å². The predicted octanol–water partition coefficient (Wildman–Crippen LogP) is 1.95. The van der Waals surface area contributed by atoms with E-state index in [9.17, 15) is 10.1 Å². The number of benzene rings is 1. The SMILES string of the molecule is COc1ccc([N+](=O)[O-])c(NCc2nccn2C)c1. The molecule has 1 N–H and O–H groups in total. The third-order valence-corrected chi connectivity index (χ3v) is 2.76. The molecule has 0 aliphatic heterocycles. The van der Waals surface area contributed by atoms with Crippen LogP contribution in [0.15, 0.2) is 30.6 Å². The molecule has 0 aliphatic carbocycles. The van der Waals surface area contributed by atoms with Crippen molar-refractivity contribution in [2.24, 2.45) is 7.05 Å². The molecule has 0 aliphatic rings. The summed E-state index contributed by atoms with van der Waals surface area (Å²) in [6.45, 7) is 0.400. The number of nitrogens with zero attached hydrogens (tertiary/aromatic N) is 3. The monoisotopic (exact) mass is 262 g/mol. The van der Waals surface area contributed by atoms with Crippen molar-refractivity contribution in [3.63, 3.8) is 0 Å². The third-order valence-electron chi connectivity index (χ3n) is 2.76. The average Bonchev–Trinajstić information content (AvgIpc) is 2.81. The Hall–Kier alpha value is -2.57. The lowest BCUT2D eigenvalue weighted by Crippen LogP contribution is -2.07. The maximum Gasteiger partial charge on any atom is 0.292 e. The van der Waals surface area contributed by atoms with E-state index in [1.807, 2.05) is 17.8 Å². The number of ether oxygens (including phenoxy) is 1. The van der Waals surface area contributed by atoms with Gasteiger partial charge in [0, 0.05) is 31.6 Å². The minimum Gasteiger partial charge on any atom is -0.497 e. The largest absolute Gasteiger partial charge is 0.497 e. The van der Waals surface area contributed by atoms with Crippen LogP contribution < -0.4 is 10.1 Å². The number of anilines is 1. The summed E-state index contributed by atoms with van der Waals surface area (Å²) in [5, 5.41) is 14.0. The van der Waals surface area contributed by atoms with Gasteiger partial charge in [-0.2, -0.15) is 0 Å². The number of aromatic nitrogens is 2. The molecule has 0 unspecified atom stereocenters. The first-order valence-corrected chi connectivity index (χ1v) is 5.64. The van der Waals surface area contributed by atoms with E-state index >= 15 is 0 Å². The van der Waals surface area contributed by atoms with Gasteiger partial charge in [-0.1, -0.05) is 0 Å². The molecule has 19 heavy (non-hydrogen) atoms. The number of hydrogen-bond acceptors (Lipinski definition) is 5. The van der Waals surface area contributed by atoms with E-state index in [0.717, 1.165) is 5.82 Å². The molecule has 100 valence electrons. The normalized spacial score (nSPS) is 10.2. The third kappa shape index (κ3) is 2.82. The van der Waals surface area contributed by atoms with E-state index in [0.29, 0.717) is 18.0 Å². The number of rotatable bonds is 5. The second kappa shape index (κ2) is 5.38. The first kappa shape index (κ1) is 12.9. The fourth-order valence-electron chi connectivity index (χ4n) is 1.68. The van der Waals surface area contributed by atoms with Crippen molar-refractivity contribution < 1.29 is 9.66 Å². The Morgan fingerprint density at radius 2 is 2.32 bits per heavy atom. The maximum atomic E-state index is 11.0. The van der Waals surface area contributed by atoms with E-state index in [4.69, 9.17) is 4.74 Å². The summed E-state index contributed by atoms with van der Waals surface area (Å²) in [7, 11) is 3.38. The summed E-state index contributed by atoms with van der Waals surface area (Å²) >= 11 is 0. The Kier molecular flexibility index (Phi) is 3.65. The van der Waals surface area contributed by atoms with E-state index in [2.05, 4.69) is 10.3 Å². The molecule has 1 heterocycles. The molecule has 7 heteroatoms. The van der Waals surface area contributed by atoms with Crippen LogP contribution in [0.1, 0.15) is 5.82 Å². The quantitative estimate of drug-likeness (QED) is 0.657. The van der Waals surface area contributed by atoms with Gasteiger partial charge in [0.2, 0.25) is 0 Å². The standard InChI is InChI=1S/C12H14N4O3/c1-15-6-5-13-12(15)8-14-10-7-9(19-2)3-4-11(10)16(17)18/h3-7,14H,8H2,1-2H3. The van der Waals surface area contributed by atoms with Crippen molar-refractivity contribution in [2.75, 3.05) is 12.4 Å². The fraction of sp³-hybridized carbons (Fsp3) is 0.250. The molecule has 2 aromatic rings. The molecule has 0 saturated heterocycles. The molecule has 0 atom stereocenters. The topological polar surface area (TPSA) is 82.2 Å². The molecule has 7 nitrogen and oxygen atoms in total. The lowest BCUT2D eigenvalue weighted by Gasteiger charge is -2.08. The van der Waals surface area contributed by atoms with Gasteiger partial charge in [-0.05, 0) is 6.07 Å². The molecule has 2 rings (SSSR count). The summed E-state index contributed by atoms with van der Waals surface area (Å²) in [4.78, 5) is 14.7. The Morgan fingerprint density at radius 3 is 2.89 bits per heavy atom.